The summed E-state index contributed by atoms with van der Waals surface area (Å²) in [6.07, 6.45) is 3.50. The van der Waals surface area contributed by atoms with E-state index in [-0.39, 0.29) is 0 Å². The summed E-state index contributed by atoms with van der Waals surface area (Å²) in [5.74, 6) is 0.348. The van der Waals surface area contributed by atoms with Crippen LogP contribution in [0.2, 0.25) is 0 Å². The summed E-state index contributed by atoms with van der Waals surface area (Å²) in [6.45, 7) is 3.46. The zero-order valence-electron chi connectivity index (χ0n) is 13.7. The van der Waals surface area contributed by atoms with Crippen molar-refractivity contribution in [3.63, 3.8) is 0 Å². The van der Waals surface area contributed by atoms with Gasteiger partial charge in [0, 0.05) is 18.9 Å². The highest BCUT2D eigenvalue weighted by atomic mass is 16.6. The summed E-state index contributed by atoms with van der Waals surface area (Å²) in [6, 6.07) is 6.44. The van der Waals surface area contributed by atoms with Crippen LogP contribution in [-0.4, -0.2) is 41.2 Å². The maximum Gasteiger partial charge on any atom is 0.325 e. The molecule has 1 atom stereocenters. The van der Waals surface area contributed by atoms with Crippen LogP contribution in [0.1, 0.15) is 22.7 Å². The highest BCUT2D eigenvalue weighted by Gasteiger charge is 2.27. The number of hydrogen-bond donors (Lipinski definition) is 1. The number of carboxylic acids is 1. The van der Waals surface area contributed by atoms with Crippen LogP contribution in [0, 0.1) is 6.92 Å². The van der Waals surface area contributed by atoms with E-state index in [9.17, 15) is 9.90 Å². The van der Waals surface area contributed by atoms with Crippen LogP contribution in [0.25, 0.3) is 0 Å². The van der Waals surface area contributed by atoms with Crippen LogP contribution in [0.3, 0.4) is 0 Å². The molecule has 0 saturated heterocycles. The van der Waals surface area contributed by atoms with Crippen molar-refractivity contribution in [2.45, 2.75) is 19.5 Å². The van der Waals surface area contributed by atoms with Gasteiger partial charge >= 0.3 is 5.97 Å². The van der Waals surface area contributed by atoms with Crippen molar-refractivity contribution >= 4 is 5.97 Å². The number of hydrogen-bond acceptors (Lipinski definition) is 5. The Morgan fingerprint density at radius 3 is 2.75 bits per heavy atom. The number of nitrogens with zero attached hydrogens (tertiary/aromatic N) is 2. The third kappa shape index (κ3) is 3.33. The van der Waals surface area contributed by atoms with E-state index in [0.29, 0.717) is 36.8 Å². The first-order valence-electron chi connectivity index (χ1n) is 7.78. The maximum absolute atomic E-state index is 11.9. The molecule has 1 aliphatic rings. The number of benzene rings is 1. The standard InChI is InChI=1S/C18H20N2O4/c1-12-10-19-6-5-14(12)11-20(2)17(18(21)22)13-3-4-15-16(9-13)24-8-7-23-15/h3-6,9-10,17H,7-8,11H2,1-2H3,(H,21,22)/t17-/m0/s1. The topological polar surface area (TPSA) is 71.9 Å². The highest BCUT2D eigenvalue weighted by molar-refractivity contribution is 5.76. The zero-order valence-corrected chi connectivity index (χ0v) is 13.7. The Morgan fingerprint density at radius 1 is 1.29 bits per heavy atom. The van der Waals surface area contributed by atoms with Crippen LogP contribution in [0.5, 0.6) is 11.5 Å². The van der Waals surface area contributed by atoms with E-state index < -0.39 is 12.0 Å². The fraction of sp³-hybridized carbons (Fsp3) is 0.333. The van der Waals surface area contributed by atoms with Crippen LogP contribution in [-0.2, 0) is 11.3 Å². The summed E-state index contributed by atoms with van der Waals surface area (Å²) in [5, 5.41) is 9.72. The lowest BCUT2D eigenvalue weighted by molar-refractivity contribution is -0.143. The number of ether oxygens (including phenoxy) is 2. The molecule has 3 rings (SSSR count). The second kappa shape index (κ2) is 6.88. The molecular formula is C18H20N2O4. The molecule has 0 spiro atoms. The number of aliphatic carboxylic acids is 1. The SMILES string of the molecule is Cc1cnccc1CN(C)[C@H](C(=O)O)c1ccc2c(c1)OCCO2. The largest absolute Gasteiger partial charge is 0.486 e. The first-order valence-corrected chi connectivity index (χ1v) is 7.78. The van der Waals surface area contributed by atoms with Gasteiger partial charge in [-0.15, -0.1) is 0 Å². The van der Waals surface area contributed by atoms with Gasteiger partial charge in [0.25, 0.3) is 0 Å². The van der Waals surface area contributed by atoms with Crippen LogP contribution >= 0.6 is 0 Å². The first-order chi connectivity index (χ1) is 11.6. The van der Waals surface area contributed by atoms with Crippen molar-refractivity contribution in [3.05, 3.63) is 53.3 Å². The Morgan fingerprint density at radius 2 is 2.04 bits per heavy atom. The number of rotatable bonds is 5. The van der Waals surface area contributed by atoms with Gasteiger partial charge in [-0.25, -0.2) is 0 Å². The molecule has 1 aromatic carbocycles. The maximum atomic E-state index is 11.9. The Labute approximate surface area is 140 Å². The lowest BCUT2D eigenvalue weighted by Gasteiger charge is -2.27. The van der Waals surface area contributed by atoms with Gasteiger partial charge in [-0.3, -0.25) is 14.7 Å². The van der Waals surface area contributed by atoms with E-state index in [4.69, 9.17) is 9.47 Å². The van der Waals surface area contributed by atoms with Crippen molar-refractivity contribution in [1.82, 2.24) is 9.88 Å². The highest BCUT2D eigenvalue weighted by Crippen LogP contribution is 2.34. The number of fused-ring (bicyclic) bond motifs is 1. The van der Waals surface area contributed by atoms with Gasteiger partial charge in [0.05, 0.1) is 0 Å². The number of aryl methyl sites for hydroxylation is 1. The molecule has 24 heavy (non-hydrogen) atoms. The van der Waals surface area contributed by atoms with E-state index in [1.807, 2.05) is 13.0 Å². The molecule has 0 amide bonds. The van der Waals surface area contributed by atoms with Gasteiger partial charge in [-0.2, -0.15) is 0 Å². The summed E-state index contributed by atoms with van der Waals surface area (Å²) in [7, 11) is 1.80. The second-order valence-electron chi connectivity index (χ2n) is 5.86. The second-order valence-corrected chi connectivity index (χ2v) is 5.86. The quantitative estimate of drug-likeness (QED) is 0.909. The Bertz CT molecular complexity index is 748. The number of pyridine rings is 1. The van der Waals surface area contributed by atoms with Crippen molar-refractivity contribution in [2.24, 2.45) is 0 Å². The van der Waals surface area contributed by atoms with Gasteiger partial charge in [-0.1, -0.05) is 6.07 Å². The molecule has 2 aromatic rings. The fourth-order valence-corrected chi connectivity index (χ4v) is 2.86. The van der Waals surface area contributed by atoms with E-state index in [2.05, 4.69) is 4.98 Å². The van der Waals surface area contributed by atoms with Crippen molar-refractivity contribution in [3.8, 4) is 11.5 Å². The molecule has 1 aromatic heterocycles. The molecule has 0 radical (unpaired) electrons. The summed E-state index contributed by atoms with van der Waals surface area (Å²) < 4.78 is 11.1. The minimum atomic E-state index is -0.902. The van der Waals surface area contributed by atoms with Gasteiger partial charge in [0.15, 0.2) is 11.5 Å². The third-order valence-electron chi connectivity index (χ3n) is 4.11. The zero-order chi connectivity index (χ0) is 17.1. The molecule has 126 valence electrons. The van der Waals surface area contributed by atoms with E-state index in [1.54, 1.807) is 42.5 Å². The average molecular weight is 328 g/mol. The summed E-state index contributed by atoms with van der Waals surface area (Å²) >= 11 is 0. The molecule has 2 heterocycles. The van der Waals surface area contributed by atoms with E-state index >= 15 is 0 Å². The first kappa shape index (κ1) is 16.3. The number of carboxylic acid groups (broad SMARTS) is 1. The van der Waals surface area contributed by atoms with Crippen molar-refractivity contribution in [1.29, 1.82) is 0 Å². The Kier molecular flexibility index (Phi) is 4.66. The minimum Gasteiger partial charge on any atom is -0.486 e. The molecule has 0 unspecified atom stereocenters. The molecule has 0 aliphatic carbocycles. The lowest BCUT2D eigenvalue weighted by Crippen LogP contribution is -2.31. The van der Waals surface area contributed by atoms with Crippen LogP contribution in [0.15, 0.2) is 36.7 Å². The smallest absolute Gasteiger partial charge is 0.325 e. The normalized spacial score (nSPS) is 14.5. The third-order valence-corrected chi connectivity index (χ3v) is 4.11. The van der Waals surface area contributed by atoms with E-state index in [1.165, 1.54) is 0 Å². The van der Waals surface area contributed by atoms with E-state index in [0.717, 1.165) is 11.1 Å². The molecular weight excluding hydrogens is 308 g/mol. The van der Waals surface area contributed by atoms with Crippen molar-refractivity contribution in [2.75, 3.05) is 20.3 Å². The van der Waals surface area contributed by atoms with Gasteiger partial charge in [-0.05, 0) is 48.9 Å². The Balaban J connectivity index is 1.87. The number of carbonyl (C=O) groups is 1. The molecule has 6 nitrogen and oxygen atoms in total. The lowest BCUT2D eigenvalue weighted by atomic mass is 10.0. The molecule has 0 saturated carbocycles. The monoisotopic (exact) mass is 328 g/mol. The van der Waals surface area contributed by atoms with Gasteiger partial charge in [0.2, 0.25) is 0 Å². The fourth-order valence-electron chi connectivity index (χ4n) is 2.86. The van der Waals surface area contributed by atoms with Crippen LogP contribution in [0.4, 0.5) is 0 Å². The predicted octanol–water partition coefficient (Wildman–Crippen LogP) is 2.42. The summed E-state index contributed by atoms with van der Waals surface area (Å²) in [4.78, 5) is 17.7. The molecule has 0 bridgehead atoms. The predicted molar refractivity (Wildman–Crippen MR) is 88.2 cm³/mol. The molecule has 1 aliphatic heterocycles. The van der Waals surface area contributed by atoms with Crippen LogP contribution < -0.4 is 9.47 Å². The molecule has 1 N–H and O–H groups in total. The number of aromatic nitrogens is 1. The van der Waals surface area contributed by atoms with Crippen molar-refractivity contribution < 1.29 is 19.4 Å². The minimum absolute atomic E-state index is 0.472. The number of likely N-dealkylation sites (N-methyl/N-ethyl adjacent to an activating group) is 1. The van der Waals surface area contributed by atoms with Gasteiger partial charge < -0.3 is 14.6 Å². The average Bonchev–Trinajstić information content (AvgIpc) is 2.56. The molecule has 6 heteroatoms. The molecule has 0 fully saturated rings. The summed E-state index contributed by atoms with van der Waals surface area (Å²) in [5.41, 5.74) is 2.76. The van der Waals surface area contributed by atoms with Gasteiger partial charge in [0.1, 0.15) is 19.3 Å². The Hall–Kier alpha value is -2.60.